The van der Waals surface area contributed by atoms with E-state index < -0.39 is 0 Å². The van der Waals surface area contributed by atoms with Crippen molar-refractivity contribution in [1.82, 2.24) is 9.55 Å². The van der Waals surface area contributed by atoms with Crippen molar-refractivity contribution in [3.8, 4) is 39.1 Å². The van der Waals surface area contributed by atoms with Gasteiger partial charge in [-0.05, 0) is 103 Å². The first-order valence-corrected chi connectivity index (χ1v) is 15.8. The van der Waals surface area contributed by atoms with E-state index in [-0.39, 0.29) is 0 Å². The van der Waals surface area contributed by atoms with Gasteiger partial charge in [0.05, 0.1) is 11.0 Å². The number of para-hydroxylation sites is 2. The molecular formula is C44H30N2. The third-order valence-electron chi connectivity index (χ3n) is 9.33. The first kappa shape index (κ1) is 26.4. The molecule has 1 heterocycles. The number of hydrogen-bond donors (Lipinski definition) is 0. The molecule has 0 unspecified atom stereocenters. The Morgan fingerprint density at radius 2 is 0.891 bits per heavy atom. The first-order chi connectivity index (χ1) is 22.7. The summed E-state index contributed by atoms with van der Waals surface area (Å²) >= 11 is 0. The van der Waals surface area contributed by atoms with Gasteiger partial charge in [0.2, 0.25) is 0 Å². The van der Waals surface area contributed by atoms with Crippen LogP contribution in [-0.2, 0) is 0 Å². The summed E-state index contributed by atoms with van der Waals surface area (Å²) in [5, 5.41) is 7.60. The standard InChI is InChI=1S/C44H30N2/c1-29-45-41-16-8-9-17-42(41)46(29)36-26-24-32(25-27-36)31-18-21-33(22-19-31)43-37-12-4-6-14-39(37)44(40-15-7-5-13-38(40)43)35-23-20-30-10-2-3-11-34(30)28-35/h2-28H,1H3. The molecule has 0 aliphatic rings. The van der Waals surface area contributed by atoms with Crippen LogP contribution in [0.25, 0.3) is 82.4 Å². The Morgan fingerprint density at radius 3 is 1.54 bits per heavy atom. The van der Waals surface area contributed by atoms with E-state index in [0.29, 0.717) is 0 Å². The molecule has 9 aromatic rings. The minimum absolute atomic E-state index is 0.990. The highest BCUT2D eigenvalue weighted by Crippen LogP contribution is 2.44. The lowest BCUT2D eigenvalue weighted by molar-refractivity contribution is 1.00. The van der Waals surface area contributed by atoms with Crippen LogP contribution in [-0.4, -0.2) is 9.55 Å². The van der Waals surface area contributed by atoms with Crippen molar-refractivity contribution in [2.24, 2.45) is 0 Å². The molecule has 0 amide bonds. The minimum Gasteiger partial charge on any atom is -0.297 e. The van der Waals surface area contributed by atoms with E-state index >= 15 is 0 Å². The van der Waals surface area contributed by atoms with E-state index in [1.54, 1.807) is 0 Å². The average molecular weight is 587 g/mol. The van der Waals surface area contributed by atoms with Gasteiger partial charge in [-0.15, -0.1) is 0 Å². The van der Waals surface area contributed by atoms with Crippen molar-refractivity contribution in [2.75, 3.05) is 0 Å². The highest BCUT2D eigenvalue weighted by atomic mass is 15.1. The third-order valence-corrected chi connectivity index (χ3v) is 9.33. The molecule has 8 aromatic carbocycles. The third kappa shape index (κ3) is 4.22. The van der Waals surface area contributed by atoms with Crippen LogP contribution in [0.5, 0.6) is 0 Å². The number of nitrogens with zero attached hydrogens (tertiary/aromatic N) is 2. The van der Waals surface area contributed by atoms with Gasteiger partial charge < -0.3 is 0 Å². The van der Waals surface area contributed by atoms with Gasteiger partial charge in [0, 0.05) is 5.69 Å². The number of benzene rings is 8. The van der Waals surface area contributed by atoms with Gasteiger partial charge in [0.15, 0.2) is 0 Å². The highest BCUT2D eigenvalue weighted by molar-refractivity contribution is 6.21. The van der Waals surface area contributed by atoms with Gasteiger partial charge in [0.1, 0.15) is 5.82 Å². The summed E-state index contributed by atoms with van der Waals surface area (Å²) in [5.41, 5.74) is 10.7. The van der Waals surface area contributed by atoms with E-state index in [2.05, 4.69) is 169 Å². The molecule has 0 aliphatic carbocycles. The molecular weight excluding hydrogens is 556 g/mol. The molecule has 0 N–H and O–H groups in total. The normalized spacial score (nSPS) is 11.6. The van der Waals surface area contributed by atoms with Crippen LogP contribution in [0.15, 0.2) is 164 Å². The smallest absolute Gasteiger partial charge is 0.111 e. The summed E-state index contributed by atoms with van der Waals surface area (Å²) in [4.78, 5) is 4.75. The number of fused-ring (bicyclic) bond motifs is 4. The molecule has 0 saturated carbocycles. The summed E-state index contributed by atoms with van der Waals surface area (Å²) in [6.45, 7) is 2.06. The number of hydrogen-bond acceptors (Lipinski definition) is 1. The molecule has 0 fully saturated rings. The molecule has 1 aromatic heterocycles. The van der Waals surface area contributed by atoms with E-state index in [1.165, 1.54) is 65.7 Å². The van der Waals surface area contributed by atoms with Crippen LogP contribution in [0.4, 0.5) is 0 Å². The van der Waals surface area contributed by atoms with Crippen LogP contribution in [0, 0.1) is 6.92 Å². The van der Waals surface area contributed by atoms with E-state index in [0.717, 1.165) is 22.5 Å². The zero-order chi connectivity index (χ0) is 30.6. The second-order valence-corrected chi connectivity index (χ2v) is 12.0. The molecule has 2 heteroatoms. The molecule has 0 atom stereocenters. The number of rotatable bonds is 4. The molecule has 216 valence electrons. The van der Waals surface area contributed by atoms with Gasteiger partial charge in [-0.25, -0.2) is 4.98 Å². The number of aryl methyl sites for hydroxylation is 1. The molecule has 0 aliphatic heterocycles. The van der Waals surface area contributed by atoms with Crippen LogP contribution >= 0.6 is 0 Å². The van der Waals surface area contributed by atoms with Crippen molar-refractivity contribution in [3.63, 3.8) is 0 Å². The number of imidazole rings is 1. The second-order valence-electron chi connectivity index (χ2n) is 12.0. The van der Waals surface area contributed by atoms with Crippen molar-refractivity contribution in [2.45, 2.75) is 6.92 Å². The van der Waals surface area contributed by atoms with E-state index in [1.807, 2.05) is 6.07 Å². The lowest BCUT2D eigenvalue weighted by Crippen LogP contribution is -1.96. The number of aromatic nitrogens is 2. The summed E-state index contributed by atoms with van der Waals surface area (Å²) < 4.78 is 2.22. The molecule has 0 radical (unpaired) electrons. The molecule has 0 saturated heterocycles. The van der Waals surface area contributed by atoms with Crippen LogP contribution in [0.2, 0.25) is 0 Å². The van der Waals surface area contributed by atoms with Gasteiger partial charge in [0.25, 0.3) is 0 Å². The maximum absolute atomic E-state index is 4.75. The maximum atomic E-state index is 4.75. The van der Waals surface area contributed by atoms with Gasteiger partial charge in [-0.2, -0.15) is 0 Å². The lowest BCUT2D eigenvalue weighted by atomic mass is 9.85. The minimum atomic E-state index is 0.990. The Morgan fingerprint density at radius 1 is 0.413 bits per heavy atom. The van der Waals surface area contributed by atoms with Gasteiger partial charge in [-0.3, -0.25) is 4.57 Å². The molecule has 0 spiro atoms. The largest absolute Gasteiger partial charge is 0.297 e. The van der Waals surface area contributed by atoms with E-state index in [9.17, 15) is 0 Å². The molecule has 2 nitrogen and oxygen atoms in total. The Kier molecular flexibility index (Phi) is 6.07. The van der Waals surface area contributed by atoms with E-state index in [4.69, 9.17) is 4.98 Å². The molecule has 9 rings (SSSR count). The fourth-order valence-electron chi connectivity index (χ4n) is 7.20. The monoisotopic (exact) mass is 586 g/mol. The predicted molar refractivity (Wildman–Crippen MR) is 195 cm³/mol. The lowest BCUT2D eigenvalue weighted by Gasteiger charge is -2.18. The van der Waals surface area contributed by atoms with Crippen LogP contribution in [0.1, 0.15) is 5.82 Å². The zero-order valence-electron chi connectivity index (χ0n) is 25.5. The SMILES string of the molecule is Cc1nc2ccccc2n1-c1ccc(-c2ccc(-c3c4ccccc4c(-c4ccc5ccccc5c4)c4ccccc34)cc2)cc1. The highest BCUT2D eigenvalue weighted by Gasteiger charge is 2.17. The Labute approximate surface area is 267 Å². The average Bonchev–Trinajstić information content (AvgIpc) is 3.46. The molecule has 46 heavy (non-hydrogen) atoms. The Bertz CT molecular complexity index is 2510. The summed E-state index contributed by atoms with van der Waals surface area (Å²) in [6, 6.07) is 59.3. The second kappa shape index (κ2) is 10.6. The summed E-state index contributed by atoms with van der Waals surface area (Å²) in [6.07, 6.45) is 0. The van der Waals surface area contributed by atoms with Gasteiger partial charge in [-0.1, -0.05) is 133 Å². The predicted octanol–water partition coefficient (Wildman–Crippen LogP) is 11.8. The van der Waals surface area contributed by atoms with Gasteiger partial charge >= 0.3 is 0 Å². The maximum Gasteiger partial charge on any atom is 0.111 e. The van der Waals surface area contributed by atoms with Crippen molar-refractivity contribution in [3.05, 3.63) is 170 Å². The first-order valence-electron chi connectivity index (χ1n) is 15.8. The Hall–Kier alpha value is -5.99. The molecule has 0 bridgehead atoms. The summed E-state index contributed by atoms with van der Waals surface area (Å²) in [5.74, 6) is 0.990. The van der Waals surface area contributed by atoms with Crippen molar-refractivity contribution in [1.29, 1.82) is 0 Å². The van der Waals surface area contributed by atoms with Crippen molar-refractivity contribution >= 4 is 43.4 Å². The zero-order valence-corrected chi connectivity index (χ0v) is 25.5. The fourth-order valence-corrected chi connectivity index (χ4v) is 7.20. The van der Waals surface area contributed by atoms with Crippen molar-refractivity contribution < 1.29 is 0 Å². The van der Waals surface area contributed by atoms with Crippen LogP contribution < -0.4 is 0 Å². The topological polar surface area (TPSA) is 17.8 Å². The quantitative estimate of drug-likeness (QED) is 0.188. The Balaban J connectivity index is 1.15. The fraction of sp³-hybridized carbons (Fsp3) is 0.0227. The summed E-state index contributed by atoms with van der Waals surface area (Å²) in [7, 11) is 0. The van der Waals surface area contributed by atoms with Crippen LogP contribution in [0.3, 0.4) is 0 Å².